The predicted molar refractivity (Wildman–Crippen MR) is 87.0 cm³/mol. The number of nitrogens with zero attached hydrogens (tertiary/aromatic N) is 1. The SMILES string of the molecule is CCCCCCCCCCCCN1C(=O)CCCCC1=O. The van der Waals surface area contributed by atoms with Crippen LogP contribution in [0.4, 0.5) is 0 Å². The van der Waals surface area contributed by atoms with Gasteiger partial charge in [-0.3, -0.25) is 14.5 Å². The van der Waals surface area contributed by atoms with Crippen molar-refractivity contribution in [2.45, 2.75) is 96.8 Å². The molecule has 1 fully saturated rings. The van der Waals surface area contributed by atoms with Crippen LogP contribution in [0.5, 0.6) is 0 Å². The van der Waals surface area contributed by atoms with Gasteiger partial charge in [-0.15, -0.1) is 0 Å². The quantitative estimate of drug-likeness (QED) is 0.404. The lowest BCUT2D eigenvalue weighted by atomic mass is 10.1. The summed E-state index contributed by atoms with van der Waals surface area (Å²) in [5.74, 6) is 0.0989. The highest BCUT2D eigenvalue weighted by atomic mass is 16.2. The molecule has 0 radical (unpaired) electrons. The molecule has 0 atom stereocenters. The highest BCUT2D eigenvalue weighted by Crippen LogP contribution is 2.15. The van der Waals surface area contributed by atoms with Crippen molar-refractivity contribution in [3.63, 3.8) is 0 Å². The average molecular weight is 295 g/mol. The van der Waals surface area contributed by atoms with Gasteiger partial charge in [0.05, 0.1) is 0 Å². The monoisotopic (exact) mass is 295 g/mol. The van der Waals surface area contributed by atoms with Crippen molar-refractivity contribution < 1.29 is 9.59 Å². The van der Waals surface area contributed by atoms with E-state index in [9.17, 15) is 9.59 Å². The third-order valence-corrected chi connectivity index (χ3v) is 4.37. The summed E-state index contributed by atoms with van der Waals surface area (Å²) in [5.41, 5.74) is 0. The van der Waals surface area contributed by atoms with Crippen molar-refractivity contribution in [1.29, 1.82) is 0 Å². The van der Waals surface area contributed by atoms with Crippen molar-refractivity contribution >= 4 is 11.8 Å². The minimum atomic E-state index is 0.0495. The first-order valence-corrected chi connectivity index (χ1v) is 9.09. The molecule has 21 heavy (non-hydrogen) atoms. The lowest BCUT2D eigenvalue weighted by molar-refractivity contribution is -0.143. The van der Waals surface area contributed by atoms with Gasteiger partial charge >= 0.3 is 0 Å². The number of hydrogen-bond donors (Lipinski definition) is 0. The number of hydrogen-bond acceptors (Lipinski definition) is 2. The number of unbranched alkanes of at least 4 members (excludes halogenated alkanes) is 9. The molecule has 0 unspecified atom stereocenters. The molecule has 122 valence electrons. The van der Waals surface area contributed by atoms with Gasteiger partial charge < -0.3 is 0 Å². The molecular formula is C18H33NO2. The molecule has 0 aromatic rings. The Morgan fingerprint density at radius 1 is 0.714 bits per heavy atom. The van der Waals surface area contributed by atoms with Gasteiger partial charge in [0.1, 0.15) is 0 Å². The predicted octanol–water partition coefficient (Wildman–Crippen LogP) is 4.84. The molecule has 0 saturated carbocycles. The molecule has 0 aromatic carbocycles. The second kappa shape index (κ2) is 11.8. The number of likely N-dealkylation sites (tertiary alicyclic amines) is 1. The second-order valence-electron chi connectivity index (χ2n) is 6.33. The lowest BCUT2D eigenvalue weighted by Crippen LogP contribution is -2.35. The van der Waals surface area contributed by atoms with Gasteiger partial charge in [-0.05, 0) is 19.3 Å². The third-order valence-electron chi connectivity index (χ3n) is 4.37. The van der Waals surface area contributed by atoms with Crippen LogP contribution >= 0.6 is 0 Å². The van der Waals surface area contributed by atoms with E-state index in [0.29, 0.717) is 19.4 Å². The fourth-order valence-electron chi connectivity index (χ4n) is 2.97. The van der Waals surface area contributed by atoms with Crippen LogP contribution in [0, 0.1) is 0 Å². The minimum Gasteiger partial charge on any atom is -0.283 e. The van der Waals surface area contributed by atoms with E-state index < -0.39 is 0 Å². The normalized spacial score (nSPS) is 16.3. The van der Waals surface area contributed by atoms with Crippen LogP contribution in [0.2, 0.25) is 0 Å². The van der Waals surface area contributed by atoms with Gasteiger partial charge in [-0.1, -0.05) is 64.7 Å². The Kier molecular flexibility index (Phi) is 10.2. The Balaban J connectivity index is 1.98. The van der Waals surface area contributed by atoms with Crippen molar-refractivity contribution in [1.82, 2.24) is 4.90 Å². The van der Waals surface area contributed by atoms with Crippen LogP contribution < -0.4 is 0 Å². The minimum absolute atomic E-state index is 0.0495. The molecule has 2 amide bonds. The number of carbonyl (C=O) groups is 2. The summed E-state index contributed by atoms with van der Waals surface area (Å²) >= 11 is 0. The van der Waals surface area contributed by atoms with E-state index in [1.54, 1.807) is 0 Å². The zero-order valence-corrected chi connectivity index (χ0v) is 13.9. The molecule has 1 saturated heterocycles. The summed E-state index contributed by atoms with van der Waals surface area (Å²) in [5, 5.41) is 0. The highest BCUT2D eigenvalue weighted by Gasteiger charge is 2.22. The topological polar surface area (TPSA) is 37.4 Å². The first-order chi connectivity index (χ1) is 10.3. The first kappa shape index (κ1) is 18.2. The lowest BCUT2D eigenvalue weighted by Gasteiger charge is -2.18. The molecule has 1 heterocycles. The molecule has 1 aliphatic rings. The Morgan fingerprint density at radius 2 is 1.14 bits per heavy atom. The van der Waals surface area contributed by atoms with Gasteiger partial charge in [0.15, 0.2) is 0 Å². The van der Waals surface area contributed by atoms with Crippen LogP contribution in [0.3, 0.4) is 0 Å². The number of carbonyl (C=O) groups excluding carboxylic acids is 2. The van der Waals surface area contributed by atoms with E-state index in [2.05, 4.69) is 6.92 Å². The fraction of sp³-hybridized carbons (Fsp3) is 0.889. The maximum atomic E-state index is 11.8. The molecule has 0 spiro atoms. The van der Waals surface area contributed by atoms with Crippen molar-refractivity contribution in [3.05, 3.63) is 0 Å². The van der Waals surface area contributed by atoms with Gasteiger partial charge in [-0.25, -0.2) is 0 Å². The van der Waals surface area contributed by atoms with Crippen LogP contribution in [-0.4, -0.2) is 23.3 Å². The third kappa shape index (κ3) is 8.23. The van der Waals surface area contributed by atoms with Gasteiger partial charge in [0.2, 0.25) is 11.8 Å². The Morgan fingerprint density at radius 3 is 1.62 bits per heavy atom. The Labute approximate surface area is 130 Å². The summed E-state index contributed by atoms with van der Waals surface area (Å²) < 4.78 is 0. The summed E-state index contributed by atoms with van der Waals surface area (Å²) in [7, 11) is 0. The molecular weight excluding hydrogens is 262 g/mol. The van der Waals surface area contributed by atoms with Crippen molar-refractivity contribution in [2.75, 3.05) is 6.54 Å². The molecule has 3 heteroatoms. The molecule has 0 aliphatic carbocycles. The van der Waals surface area contributed by atoms with E-state index in [1.165, 1.54) is 56.3 Å². The number of imide groups is 1. The zero-order chi connectivity index (χ0) is 15.3. The summed E-state index contributed by atoms with van der Waals surface area (Å²) in [6.07, 6.45) is 15.7. The zero-order valence-electron chi connectivity index (χ0n) is 13.9. The van der Waals surface area contributed by atoms with E-state index in [4.69, 9.17) is 0 Å². The van der Waals surface area contributed by atoms with Crippen LogP contribution in [-0.2, 0) is 9.59 Å². The van der Waals surface area contributed by atoms with E-state index in [0.717, 1.165) is 25.7 Å². The van der Waals surface area contributed by atoms with Gasteiger partial charge in [0, 0.05) is 19.4 Å². The largest absolute Gasteiger partial charge is 0.283 e. The van der Waals surface area contributed by atoms with E-state index >= 15 is 0 Å². The number of rotatable bonds is 11. The molecule has 1 rings (SSSR count). The molecule has 0 bridgehead atoms. The molecule has 0 N–H and O–H groups in total. The Hall–Kier alpha value is -0.860. The second-order valence-corrected chi connectivity index (χ2v) is 6.33. The summed E-state index contributed by atoms with van der Waals surface area (Å²) in [6, 6.07) is 0. The van der Waals surface area contributed by atoms with E-state index in [1.807, 2.05) is 0 Å². The van der Waals surface area contributed by atoms with Crippen molar-refractivity contribution in [3.8, 4) is 0 Å². The maximum absolute atomic E-state index is 11.8. The van der Waals surface area contributed by atoms with Crippen molar-refractivity contribution in [2.24, 2.45) is 0 Å². The molecule has 0 aromatic heterocycles. The fourth-order valence-corrected chi connectivity index (χ4v) is 2.97. The maximum Gasteiger partial charge on any atom is 0.229 e. The standard InChI is InChI=1S/C18H33NO2/c1-2-3-4-5-6-7-8-9-10-13-16-19-17(20)14-11-12-15-18(19)21/h2-16H2,1H3. The molecule has 3 nitrogen and oxygen atoms in total. The number of amides is 2. The molecule has 1 aliphatic heterocycles. The van der Waals surface area contributed by atoms with Crippen LogP contribution in [0.1, 0.15) is 96.8 Å². The van der Waals surface area contributed by atoms with Gasteiger partial charge in [-0.2, -0.15) is 0 Å². The first-order valence-electron chi connectivity index (χ1n) is 9.09. The van der Waals surface area contributed by atoms with Gasteiger partial charge in [0.25, 0.3) is 0 Å². The van der Waals surface area contributed by atoms with Crippen LogP contribution in [0.15, 0.2) is 0 Å². The summed E-state index contributed by atoms with van der Waals surface area (Å²) in [4.78, 5) is 25.2. The summed E-state index contributed by atoms with van der Waals surface area (Å²) in [6.45, 7) is 2.90. The average Bonchev–Trinajstić information content (AvgIpc) is 2.63. The Bertz CT molecular complexity index is 284. The van der Waals surface area contributed by atoms with E-state index in [-0.39, 0.29) is 11.8 Å². The van der Waals surface area contributed by atoms with Crippen LogP contribution in [0.25, 0.3) is 0 Å². The smallest absolute Gasteiger partial charge is 0.229 e. The highest BCUT2D eigenvalue weighted by molar-refractivity contribution is 5.95.